The molecule has 0 fully saturated rings. The first kappa shape index (κ1) is 14.7. The number of nitrogens with zero attached hydrogens (tertiary/aromatic N) is 1. The Morgan fingerprint density at radius 2 is 1.78 bits per heavy atom. The third kappa shape index (κ3) is 3.24. The molecule has 0 aliphatic carbocycles. The Kier molecular flexibility index (Phi) is 5.02. The molecule has 1 aromatic carbocycles. The van der Waals surface area contributed by atoms with Crippen LogP contribution in [0.1, 0.15) is 0 Å². The van der Waals surface area contributed by atoms with E-state index in [2.05, 4.69) is 68.4 Å². The van der Waals surface area contributed by atoms with Crippen LogP contribution < -0.4 is 5.46 Å². The van der Waals surface area contributed by atoms with Crippen LogP contribution in [0.2, 0.25) is 0 Å². The molecule has 2 aromatic rings. The van der Waals surface area contributed by atoms with E-state index in [0.717, 1.165) is 9.94 Å². The molecule has 0 bridgehead atoms. The van der Waals surface area contributed by atoms with E-state index in [-0.39, 0.29) is 10.2 Å². The maximum absolute atomic E-state index is 14.1. The highest BCUT2D eigenvalue weighted by atomic mass is 79.9. The summed E-state index contributed by atoms with van der Waals surface area (Å²) in [4.78, 5) is 4.24. The monoisotopic (exact) mass is 497 g/mol. The summed E-state index contributed by atoms with van der Waals surface area (Å²) in [6, 6.07) is 6.91. The summed E-state index contributed by atoms with van der Waals surface area (Å²) in [6.07, 6.45) is 1.65. The van der Waals surface area contributed by atoms with Crippen LogP contribution in [0.5, 0.6) is 0 Å². The molecule has 1 heterocycles. The van der Waals surface area contributed by atoms with E-state index in [9.17, 15) is 4.39 Å². The number of pyridine rings is 1. The Hall–Kier alpha value is 0.285. The Labute approximate surface area is 138 Å². The van der Waals surface area contributed by atoms with Gasteiger partial charge in [0.25, 0.3) is 0 Å². The van der Waals surface area contributed by atoms with Crippen LogP contribution in [0.3, 0.4) is 0 Å². The number of hydrogen-bond donors (Lipinski definition) is 0. The predicted octanol–water partition coefficient (Wildman–Crippen LogP) is 4.90. The lowest BCUT2D eigenvalue weighted by Gasteiger charge is -2.11. The van der Waals surface area contributed by atoms with Crippen LogP contribution in [0, 0.1) is 5.82 Å². The maximum Gasteiger partial charge on any atom is 0.330 e. The van der Waals surface area contributed by atoms with E-state index < -0.39 is 0 Å². The Balaban J connectivity index is 2.65. The van der Waals surface area contributed by atoms with Crippen molar-refractivity contribution in [3.8, 4) is 11.3 Å². The van der Waals surface area contributed by atoms with Crippen LogP contribution in [0.25, 0.3) is 11.3 Å². The molecule has 2 rings (SSSR count). The van der Waals surface area contributed by atoms with Crippen molar-refractivity contribution in [2.24, 2.45) is 0 Å². The molecular weight excluding hydrogens is 496 g/mol. The molecule has 0 atom stereocenters. The average Bonchev–Trinajstić information content (AvgIpc) is 2.29. The predicted molar refractivity (Wildman–Crippen MR) is 88.3 cm³/mol. The minimum absolute atomic E-state index is 0.141. The first-order chi connectivity index (χ1) is 8.49. The summed E-state index contributed by atoms with van der Waals surface area (Å²) >= 11 is 13.4. The summed E-state index contributed by atoms with van der Waals surface area (Å²) in [6.45, 7) is 0. The van der Waals surface area contributed by atoms with Gasteiger partial charge in [-0.15, -0.1) is 31.5 Å². The molecule has 92 valence electrons. The number of hydrogen-bond acceptors (Lipinski definition) is 1. The van der Waals surface area contributed by atoms with Crippen molar-refractivity contribution in [3.05, 3.63) is 45.2 Å². The molecule has 1 aromatic heterocycles. The maximum atomic E-state index is 14.1. The van der Waals surface area contributed by atoms with Gasteiger partial charge in [0.2, 0.25) is 0 Å². The second kappa shape index (κ2) is 6.16. The van der Waals surface area contributed by atoms with Gasteiger partial charge in [-0.25, -0.2) is 4.39 Å². The van der Waals surface area contributed by atoms with Crippen molar-refractivity contribution in [1.29, 1.82) is 0 Å². The normalized spacial score (nSPS) is 10.5. The van der Waals surface area contributed by atoms with Crippen molar-refractivity contribution in [2.45, 2.75) is 0 Å². The van der Waals surface area contributed by atoms with Gasteiger partial charge in [-0.3, -0.25) is 4.98 Å². The lowest BCUT2D eigenvalue weighted by atomic mass is 9.88. The minimum atomic E-state index is -0.307. The zero-order valence-electron chi connectivity index (χ0n) is 8.80. The van der Waals surface area contributed by atoms with Crippen molar-refractivity contribution in [2.75, 3.05) is 0 Å². The Morgan fingerprint density at radius 3 is 2.33 bits per heavy atom. The van der Waals surface area contributed by atoms with Gasteiger partial charge in [-0.2, -0.15) is 0 Å². The number of benzene rings is 1. The summed E-state index contributed by atoms with van der Waals surface area (Å²) in [5.41, 5.74) is 1.88. The van der Waals surface area contributed by atoms with Crippen LogP contribution in [-0.2, 0) is 0 Å². The standard InChI is InChI=1S/C11H5BBr4FN/c13-6-1-2-10(18-5-6)11-8(12(15)16)3-7(14)4-9(11)17/h1-5H. The van der Waals surface area contributed by atoms with Gasteiger partial charge in [0.1, 0.15) is 5.82 Å². The van der Waals surface area contributed by atoms with Crippen molar-refractivity contribution >= 4 is 73.2 Å². The Morgan fingerprint density at radius 1 is 1.06 bits per heavy atom. The third-order valence-electron chi connectivity index (χ3n) is 2.30. The summed E-state index contributed by atoms with van der Waals surface area (Å²) < 4.78 is 15.5. The number of aromatic nitrogens is 1. The van der Waals surface area contributed by atoms with Gasteiger partial charge >= 0.3 is 4.36 Å². The fourth-order valence-electron chi connectivity index (χ4n) is 1.56. The summed E-state index contributed by atoms with van der Waals surface area (Å²) in [7, 11) is 0. The first-order valence-corrected chi connectivity index (χ1v) is 8.30. The molecule has 1 nitrogen and oxygen atoms in total. The SMILES string of the molecule is Fc1cc(Br)cc(B(Br)Br)c1-c1ccc(Br)cn1. The molecule has 18 heavy (non-hydrogen) atoms. The van der Waals surface area contributed by atoms with Crippen LogP contribution in [0.15, 0.2) is 39.4 Å². The minimum Gasteiger partial charge on any atom is -0.255 e. The average molecular weight is 501 g/mol. The zero-order valence-corrected chi connectivity index (χ0v) is 15.1. The zero-order chi connectivity index (χ0) is 13.3. The molecule has 0 N–H and O–H groups in total. The molecule has 0 saturated carbocycles. The largest absolute Gasteiger partial charge is 0.330 e. The summed E-state index contributed by atoms with van der Waals surface area (Å²) in [5, 5.41) is 0. The molecular formula is C11H5BBr4FN. The molecule has 0 spiro atoms. The Bertz CT molecular complexity index is 574. The van der Waals surface area contributed by atoms with Crippen LogP contribution >= 0.6 is 63.4 Å². The lowest BCUT2D eigenvalue weighted by molar-refractivity contribution is 0.631. The fourth-order valence-corrected chi connectivity index (χ4v) is 2.96. The molecule has 0 aliphatic heterocycles. The third-order valence-corrected chi connectivity index (χ3v) is 4.22. The molecule has 0 radical (unpaired) electrons. The van der Waals surface area contributed by atoms with E-state index in [1.54, 1.807) is 12.3 Å². The van der Waals surface area contributed by atoms with Gasteiger partial charge in [0.15, 0.2) is 0 Å². The molecule has 7 heteroatoms. The highest BCUT2D eigenvalue weighted by molar-refractivity contribution is 9.49. The van der Waals surface area contributed by atoms with Crippen molar-refractivity contribution in [1.82, 2.24) is 4.98 Å². The first-order valence-electron chi connectivity index (χ1n) is 4.88. The van der Waals surface area contributed by atoms with E-state index in [0.29, 0.717) is 15.7 Å². The quantitative estimate of drug-likeness (QED) is 0.535. The molecule has 0 unspecified atom stereocenters. The number of halogens is 5. The van der Waals surface area contributed by atoms with E-state index >= 15 is 0 Å². The van der Waals surface area contributed by atoms with Crippen LogP contribution in [0.4, 0.5) is 4.39 Å². The topological polar surface area (TPSA) is 12.9 Å². The molecule has 0 amide bonds. The highest BCUT2D eigenvalue weighted by Gasteiger charge is 2.20. The van der Waals surface area contributed by atoms with E-state index in [1.807, 2.05) is 12.1 Å². The highest BCUT2D eigenvalue weighted by Crippen LogP contribution is 2.25. The van der Waals surface area contributed by atoms with E-state index in [1.165, 1.54) is 6.07 Å². The van der Waals surface area contributed by atoms with Gasteiger partial charge in [-0.1, -0.05) is 22.0 Å². The second-order valence-corrected chi connectivity index (χ2v) is 8.41. The van der Waals surface area contributed by atoms with Crippen LogP contribution in [-0.4, -0.2) is 9.34 Å². The molecule has 0 saturated heterocycles. The second-order valence-electron chi connectivity index (χ2n) is 3.51. The smallest absolute Gasteiger partial charge is 0.255 e. The van der Waals surface area contributed by atoms with Gasteiger partial charge in [0, 0.05) is 20.7 Å². The van der Waals surface area contributed by atoms with E-state index in [4.69, 9.17) is 0 Å². The number of rotatable bonds is 2. The molecule has 0 aliphatic rings. The van der Waals surface area contributed by atoms with Crippen molar-refractivity contribution < 1.29 is 4.39 Å². The lowest BCUT2D eigenvalue weighted by Crippen LogP contribution is -2.21. The van der Waals surface area contributed by atoms with Gasteiger partial charge < -0.3 is 0 Å². The van der Waals surface area contributed by atoms with Crippen molar-refractivity contribution in [3.63, 3.8) is 0 Å². The van der Waals surface area contributed by atoms with Gasteiger partial charge in [-0.05, 0) is 39.6 Å². The van der Waals surface area contributed by atoms with Gasteiger partial charge in [0.05, 0.1) is 5.69 Å². The summed E-state index contributed by atoms with van der Waals surface area (Å²) in [5.74, 6) is -0.307. The fraction of sp³-hybridized carbons (Fsp3) is 0.